The topological polar surface area (TPSA) is 82.1 Å². The lowest BCUT2D eigenvalue weighted by Crippen LogP contribution is -1.89. The third-order valence-electron chi connectivity index (χ3n) is 2.11. The van der Waals surface area contributed by atoms with Gasteiger partial charge in [-0.1, -0.05) is 23.9 Å². The number of nitro benzene ring substituents is 1. The van der Waals surface area contributed by atoms with E-state index in [0.29, 0.717) is 22.9 Å². The van der Waals surface area contributed by atoms with E-state index in [0.717, 1.165) is 0 Å². The number of benzene rings is 1. The number of allylic oxidation sites excluding steroid dienone is 1. The maximum atomic E-state index is 10.6. The summed E-state index contributed by atoms with van der Waals surface area (Å²) >= 11 is 0. The summed E-state index contributed by atoms with van der Waals surface area (Å²) in [5, 5.41) is 14.4. The van der Waals surface area contributed by atoms with Crippen LogP contribution in [0, 0.1) is 10.1 Å². The Morgan fingerprint density at radius 3 is 2.88 bits per heavy atom. The Balaban J connectivity index is 2.42. The Bertz CT molecular complexity index is 589. The molecule has 0 fully saturated rings. The normalized spacial score (nSPS) is 10.2. The molecule has 0 aliphatic rings. The Morgan fingerprint density at radius 1 is 1.53 bits per heavy atom. The van der Waals surface area contributed by atoms with Crippen LogP contribution in [-0.2, 0) is 0 Å². The Hall–Kier alpha value is -2.50. The summed E-state index contributed by atoms with van der Waals surface area (Å²) < 4.78 is 4.95. The highest BCUT2D eigenvalue weighted by Crippen LogP contribution is 2.22. The van der Waals surface area contributed by atoms with E-state index in [4.69, 9.17) is 4.52 Å². The molecule has 2 rings (SSSR count). The first-order valence-electron chi connectivity index (χ1n) is 4.82. The van der Waals surface area contributed by atoms with E-state index in [1.807, 2.05) is 0 Å². The summed E-state index contributed by atoms with van der Waals surface area (Å²) in [5.41, 5.74) is 1.17. The molecule has 0 bridgehead atoms. The van der Waals surface area contributed by atoms with Gasteiger partial charge >= 0.3 is 0 Å². The van der Waals surface area contributed by atoms with E-state index in [2.05, 4.69) is 16.7 Å². The van der Waals surface area contributed by atoms with Crippen molar-refractivity contribution in [2.45, 2.75) is 6.92 Å². The van der Waals surface area contributed by atoms with Crippen molar-refractivity contribution in [2.24, 2.45) is 0 Å². The molecule has 0 aliphatic carbocycles. The lowest BCUT2D eigenvalue weighted by atomic mass is 10.2. The quantitative estimate of drug-likeness (QED) is 0.599. The van der Waals surface area contributed by atoms with Crippen molar-refractivity contribution in [2.75, 3.05) is 0 Å². The van der Waals surface area contributed by atoms with Crippen molar-refractivity contribution in [1.29, 1.82) is 0 Å². The van der Waals surface area contributed by atoms with Gasteiger partial charge in [0.1, 0.15) is 0 Å². The van der Waals surface area contributed by atoms with E-state index in [1.54, 1.807) is 19.1 Å². The van der Waals surface area contributed by atoms with Crippen molar-refractivity contribution < 1.29 is 9.45 Å². The minimum Gasteiger partial charge on any atom is -0.334 e. The lowest BCUT2D eigenvalue weighted by molar-refractivity contribution is -0.384. The summed E-state index contributed by atoms with van der Waals surface area (Å²) in [5.74, 6) is 0.637. The minimum absolute atomic E-state index is 0.0100. The van der Waals surface area contributed by atoms with E-state index >= 15 is 0 Å². The van der Waals surface area contributed by atoms with Crippen LogP contribution in [0.25, 0.3) is 17.0 Å². The number of aromatic nitrogens is 2. The molecule has 0 N–H and O–H groups in total. The molecule has 0 saturated heterocycles. The predicted molar refractivity (Wildman–Crippen MR) is 61.1 cm³/mol. The van der Waals surface area contributed by atoms with Gasteiger partial charge in [0.25, 0.3) is 11.6 Å². The zero-order chi connectivity index (χ0) is 12.4. The monoisotopic (exact) mass is 231 g/mol. The van der Waals surface area contributed by atoms with Crippen LogP contribution >= 0.6 is 0 Å². The van der Waals surface area contributed by atoms with E-state index in [1.165, 1.54) is 12.1 Å². The van der Waals surface area contributed by atoms with Gasteiger partial charge in [0.2, 0.25) is 5.82 Å². The molecule has 86 valence electrons. The van der Waals surface area contributed by atoms with Crippen molar-refractivity contribution >= 4 is 11.3 Å². The molecule has 6 heteroatoms. The molecule has 0 aliphatic heterocycles. The van der Waals surface area contributed by atoms with E-state index in [-0.39, 0.29) is 5.69 Å². The average Bonchev–Trinajstić information content (AvgIpc) is 2.78. The number of nitrogens with zero attached hydrogens (tertiary/aromatic N) is 3. The van der Waals surface area contributed by atoms with Crippen LogP contribution in [0.3, 0.4) is 0 Å². The summed E-state index contributed by atoms with van der Waals surface area (Å²) in [7, 11) is 0. The molecule has 1 aromatic carbocycles. The fourth-order valence-corrected chi connectivity index (χ4v) is 1.27. The first-order valence-corrected chi connectivity index (χ1v) is 4.82. The van der Waals surface area contributed by atoms with Crippen LogP contribution in [0.4, 0.5) is 5.69 Å². The number of rotatable bonds is 3. The van der Waals surface area contributed by atoms with Gasteiger partial charge < -0.3 is 4.52 Å². The van der Waals surface area contributed by atoms with Crippen LogP contribution in [0.15, 0.2) is 35.4 Å². The highest BCUT2D eigenvalue weighted by Gasteiger charge is 2.12. The average molecular weight is 231 g/mol. The maximum absolute atomic E-state index is 10.6. The maximum Gasteiger partial charge on any atom is 0.270 e. The van der Waals surface area contributed by atoms with Gasteiger partial charge in [-0.15, -0.1) is 0 Å². The highest BCUT2D eigenvalue weighted by atomic mass is 16.6. The van der Waals surface area contributed by atoms with Gasteiger partial charge in [-0.25, -0.2) is 0 Å². The third kappa shape index (κ3) is 2.20. The zero-order valence-corrected chi connectivity index (χ0v) is 9.08. The van der Waals surface area contributed by atoms with Crippen LogP contribution in [0.1, 0.15) is 12.8 Å². The van der Waals surface area contributed by atoms with Crippen LogP contribution in [0.2, 0.25) is 0 Å². The van der Waals surface area contributed by atoms with Crippen molar-refractivity contribution in [3.63, 3.8) is 0 Å². The number of hydrogen-bond donors (Lipinski definition) is 0. The molecule has 2 aromatic rings. The van der Waals surface area contributed by atoms with E-state index < -0.39 is 4.92 Å². The Morgan fingerprint density at radius 2 is 2.29 bits per heavy atom. The Kier molecular flexibility index (Phi) is 2.70. The molecule has 0 radical (unpaired) electrons. The molecule has 1 heterocycles. The zero-order valence-electron chi connectivity index (χ0n) is 9.08. The molecule has 17 heavy (non-hydrogen) atoms. The molecule has 0 amide bonds. The molecule has 0 spiro atoms. The second-order valence-electron chi connectivity index (χ2n) is 3.51. The third-order valence-corrected chi connectivity index (χ3v) is 2.11. The van der Waals surface area contributed by atoms with Crippen LogP contribution < -0.4 is 0 Å². The second kappa shape index (κ2) is 4.17. The molecular formula is C11H9N3O3. The summed E-state index contributed by atoms with van der Waals surface area (Å²) in [6.45, 7) is 5.41. The SMILES string of the molecule is C=C(C)c1nc(-c2cccc([N+](=O)[O-])c2)no1. The fourth-order valence-electron chi connectivity index (χ4n) is 1.27. The summed E-state index contributed by atoms with van der Waals surface area (Å²) in [4.78, 5) is 14.2. The second-order valence-corrected chi connectivity index (χ2v) is 3.51. The summed E-state index contributed by atoms with van der Waals surface area (Å²) in [6, 6.07) is 6.06. The standard InChI is InChI=1S/C11H9N3O3/c1-7(2)11-12-10(13-17-11)8-4-3-5-9(6-8)14(15)16/h3-6H,1H2,2H3. The molecule has 0 atom stereocenters. The molecule has 1 aromatic heterocycles. The number of non-ortho nitro benzene ring substituents is 1. The first kappa shape index (κ1) is 11.0. The van der Waals surface area contributed by atoms with Crippen molar-refractivity contribution in [1.82, 2.24) is 10.1 Å². The Labute approximate surface area is 96.7 Å². The highest BCUT2D eigenvalue weighted by molar-refractivity contribution is 5.61. The van der Waals surface area contributed by atoms with Crippen molar-refractivity contribution in [3.8, 4) is 11.4 Å². The van der Waals surface area contributed by atoms with Gasteiger partial charge in [0.05, 0.1) is 4.92 Å². The molecular weight excluding hydrogens is 222 g/mol. The number of nitro groups is 1. The molecule has 0 unspecified atom stereocenters. The van der Waals surface area contributed by atoms with Gasteiger partial charge in [-0.2, -0.15) is 4.98 Å². The number of hydrogen-bond acceptors (Lipinski definition) is 5. The largest absolute Gasteiger partial charge is 0.334 e. The predicted octanol–water partition coefficient (Wildman–Crippen LogP) is 2.68. The lowest BCUT2D eigenvalue weighted by Gasteiger charge is -1.94. The van der Waals surface area contributed by atoms with Crippen LogP contribution in [0.5, 0.6) is 0 Å². The molecule has 0 saturated carbocycles. The smallest absolute Gasteiger partial charge is 0.270 e. The van der Waals surface area contributed by atoms with Gasteiger partial charge in [-0.3, -0.25) is 10.1 Å². The molecule has 6 nitrogen and oxygen atoms in total. The van der Waals surface area contributed by atoms with Gasteiger partial charge in [0, 0.05) is 23.3 Å². The van der Waals surface area contributed by atoms with Gasteiger partial charge in [-0.05, 0) is 6.92 Å². The first-order chi connectivity index (χ1) is 8.08. The summed E-state index contributed by atoms with van der Waals surface area (Å²) in [6.07, 6.45) is 0. The minimum atomic E-state index is -0.469. The fraction of sp³-hybridized carbons (Fsp3) is 0.0909. The van der Waals surface area contributed by atoms with Crippen molar-refractivity contribution in [3.05, 3.63) is 46.8 Å². The van der Waals surface area contributed by atoms with Crippen LogP contribution in [-0.4, -0.2) is 15.1 Å². The van der Waals surface area contributed by atoms with Gasteiger partial charge in [0.15, 0.2) is 0 Å². The van der Waals surface area contributed by atoms with E-state index in [9.17, 15) is 10.1 Å².